The van der Waals surface area contributed by atoms with E-state index in [9.17, 15) is 26.4 Å². The summed E-state index contributed by atoms with van der Waals surface area (Å²) in [6.45, 7) is -0.0454. The standard InChI is InChI=1S/C18H16F3NO6S/c19-18(20,21)28-15-4-1-13(2-5-15)3-10-17(23)27-12-11-26-14-6-8-16(9-7-14)29(22,24)25/h1-10H,11-12H2,(H2,22,24,25)/b10-3+. The molecule has 0 spiro atoms. The van der Waals surface area contributed by atoms with Gasteiger partial charge in [0.05, 0.1) is 4.90 Å². The number of carbonyl (C=O) groups excluding carboxylic acids is 1. The van der Waals surface area contributed by atoms with Crippen LogP contribution >= 0.6 is 0 Å². The number of halogens is 3. The van der Waals surface area contributed by atoms with Crippen molar-refractivity contribution in [2.24, 2.45) is 5.14 Å². The molecule has 0 aliphatic heterocycles. The number of benzene rings is 2. The van der Waals surface area contributed by atoms with Gasteiger partial charge in [0, 0.05) is 6.08 Å². The minimum atomic E-state index is -4.77. The molecule has 0 saturated carbocycles. The number of alkyl halides is 3. The Hall–Kier alpha value is -3.05. The van der Waals surface area contributed by atoms with Gasteiger partial charge in [-0.05, 0) is 48.0 Å². The lowest BCUT2D eigenvalue weighted by molar-refractivity contribution is -0.274. The number of rotatable bonds is 8. The summed E-state index contributed by atoms with van der Waals surface area (Å²) in [7, 11) is -3.79. The van der Waals surface area contributed by atoms with Crippen LogP contribution in [0.5, 0.6) is 11.5 Å². The van der Waals surface area contributed by atoms with Crippen LogP contribution in [0.25, 0.3) is 6.08 Å². The molecule has 0 aromatic heterocycles. The van der Waals surface area contributed by atoms with Gasteiger partial charge < -0.3 is 14.2 Å². The van der Waals surface area contributed by atoms with E-state index in [1.165, 1.54) is 42.5 Å². The lowest BCUT2D eigenvalue weighted by Crippen LogP contribution is -2.16. The van der Waals surface area contributed by atoms with Gasteiger partial charge in [-0.1, -0.05) is 12.1 Å². The maximum atomic E-state index is 12.1. The van der Waals surface area contributed by atoms with Gasteiger partial charge in [-0.15, -0.1) is 13.2 Å². The van der Waals surface area contributed by atoms with Crippen molar-refractivity contribution >= 4 is 22.1 Å². The molecule has 0 fully saturated rings. The highest BCUT2D eigenvalue weighted by Gasteiger charge is 2.30. The molecule has 2 aromatic rings. The van der Waals surface area contributed by atoms with Crippen LogP contribution < -0.4 is 14.6 Å². The zero-order valence-electron chi connectivity index (χ0n) is 14.8. The highest BCUT2D eigenvalue weighted by atomic mass is 32.2. The van der Waals surface area contributed by atoms with Gasteiger partial charge in [0.25, 0.3) is 0 Å². The molecule has 0 unspecified atom stereocenters. The molecule has 156 valence electrons. The molecule has 0 saturated heterocycles. The van der Waals surface area contributed by atoms with E-state index in [-0.39, 0.29) is 23.9 Å². The van der Waals surface area contributed by atoms with Gasteiger partial charge >= 0.3 is 12.3 Å². The van der Waals surface area contributed by atoms with E-state index in [2.05, 4.69) is 4.74 Å². The Kier molecular flexibility index (Phi) is 7.23. The Morgan fingerprint density at radius 1 is 0.966 bits per heavy atom. The monoisotopic (exact) mass is 431 g/mol. The van der Waals surface area contributed by atoms with Crippen LogP contribution in [-0.2, 0) is 19.6 Å². The average Bonchev–Trinajstić information content (AvgIpc) is 2.63. The number of esters is 1. The zero-order chi connectivity index (χ0) is 21.5. The van der Waals surface area contributed by atoms with Crippen LogP contribution in [-0.4, -0.2) is 34.0 Å². The molecule has 0 atom stereocenters. The fourth-order valence-electron chi connectivity index (χ4n) is 2.02. The third-order valence-corrected chi connectivity index (χ3v) is 4.20. The minimum absolute atomic E-state index is 0.0256. The highest BCUT2D eigenvalue weighted by molar-refractivity contribution is 7.89. The van der Waals surface area contributed by atoms with Crippen LogP contribution in [0.15, 0.2) is 59.5 Å². The number of nitrogens with two attached hydrogens (primary N) is 1. The highest BCUT2D eigenvalue weighted by Crippen LogP contribution is 2.23. The summed E-state index contributed by atoms with van der Waals surface area (Å²) in [6.07, 6.45) is -2.29. The van der Waals surface area contributed by atoms with Crippen molar-refractivity contribution in [1.82, 2.24) is 0 Å². The molecule has 7 nitrogen and oxygen atoms in total. The van der Waals surface area contributed by atoms with Crippen molar-refractivity contribution in [1.29, 1.82) is 0 Å². The summed E-state index contributed by atoms with van der Waals surface area (Å²) in [4.78, 5) is 11.6. The Morgan fingerprint density at radius 3 is 2.10 bits per heavy atom. The topological polar surface area (TPSA) is 105 Å². The maximum absolute atomic E-state index is 12.1. The van der Waals surface area contributed by atoms with Crippen molar-refractivity contribution in [2.45, 2.75) is 11.3 Å². The average molecular weight is 431 g/mol. The smallest absolute Gasteiger partial charge is 0.490 e. The van der Waals surface area contributed by atoms with Crippen LogP contribution in [0.3, 0.4) is 0 Å². The van der Waals surface area contributed by atoms with E-state index >= 15 is 0 Å². The number of ether oxygens (including phenoxy) is 3. The normalized spacial score (nSPS) is 12.0. The number of hydrogen-bond donors (Lipinski definition) is 1. The fraction of sp³-hybridized carbons (Fsp3) is 0.167. The van der Waals surface area contributed by atoms with Crippen molar-refractivity contribution in [3.63, 3.8) is 0 Å². The van der Waals surface area contributed by atoms with Crippen LogP contribution in [0, 0.1) is 0 Å². The predicted molar refractivity (Wildman–Crippen MR) is 96.4 cm³/mol. The first-order valence-corrected chi connectivity index (χ1v) is 9.54. The summed E-state index contributed by atoms with van der Waals surface area (Å²) in [6, 6.07) is 10.3. The molecule has 29 heavy (non-hydrogen) atoms. The van der Waals surface area contributed by atoms with Crippen molar-refractivity contribution in [2.75, 3.05) is 13.2 Å². The summed E-state index contributed by atoms with van der Waals surface area (Å²) in [5.74, 6) is -0.676. The number of primary sulfonamides is 1. The summed E-state index contributed by atoms with van der Waals surface area (Å²) in [5, 5.41) is 4.98. The van der Waals surface area contributed by atoms with Gasteiger partial charge in [0.1, 0.15) is 24.7 Å². The predicted octanol–water partition coefficient (Wildman–Crippen LogP) is 2.87. The molecule has 2 rings (SSSR count). The second-order valence-corrected chi connectivity index (χ2v) is 7.04. The van der Waals surface area contributed by atoms with E-state index in [0.29, 0.717) is 11.3 Å². The zero-order valence-corrected chi connectivity index (χ0v) is 15.6. The second kappa shape index (κ2) is 9.43. The molecule has 0 amide bonds. The van der Waals surface area contributed by atoms with Gasteiger partial charge in [-0.3, -0.25) is 0 Å². The molecule has 0 heterocycles. The first-order chi connectivity index (χ1) is 13.5. The van der Waals surface area contributed by atoms with Crippen molar-refractivity contribution < 1.29 is 40.6 Å². The lowest BCUT2D eigenvalue weighted by Gasteiger charge is -2.08. The molecular formula is C18H16F3NO6S. The lowest BCUT2D eigenvalue weighted by atomic mass is 10.2. The van der Waals surface area contributed by atoms with E-state index in [1.807, 2.05) is 0 Å². The number of sulfonamides is 1. The van der Waals surface area contributed by atoms with E-state index < -0.39 is 22.4 Å². The summed E-state index contributed by atoms with van der Waals surface area (Å²) in [5.41, 5.74) is 0.475. The largest absolute Gasteiger partial charge is 0.573 e. The fourth-order valence-corrected chi connectivity index (χ4v) is 2.54. The molecule has 2 aromatic carbocycles. The maximum Gasteiger partial charge on any atom is 0.573 e. The van der Waals surface area contributed by atoms with E-state index in [4.69, 9.17) is 14.6 Å². The Bertz CT molecular complexity index is 955. The van der Waals surface area contributed by atoms with Gasteiger partial charge in [0.2, 0.25) is 10.0 Å². The first-order valence-electron chi connectivity index (χ1n) is 7.99. The first kappa shape index (κ1) is 22.2. The molecule has 0 radical (unpaired) electrons. The second-order valence-electron chi connectivity index (χ2n) is 5.48. The van der Waals surface area contributed by atoms with Crippen molar-refractivity contribution in [3.8, 4) is 11.5 Å². The SMILES string of the molecule is NS(=O)(=O)c1ccc(OCCOC(=O)/C=C/c2ccc(OC(F)(F)F)cc2)cc1. The van der Waals surface area contributed by atoms with E-state index in [1.54, 1.807) is 0 Å². The van der Waals surface area contributed by atoms with Gasteiger partial charge in [0.15, 0.2) is 0 Å². The van der Waals surface area contributed by atoms with Crippen LogP contribution in [0.2, 0.25) is 0 Å². The minimum Gasteiger partial charge on any atom is -0.490 e. The third-order valence-electron chi connectivity index (χ3n) is 3.27. The number of hydrogen-bond acceptors (Lipinski definition) is 6. The van der Waals surface area contributed by atoms with E-state index in [0.717, 1.165) is 18.2 Å². The Labute approximate surface area is 164 Å². The van der Waals surface area contributed by atoms with Crippen LogP contribution in [0.4, 0.5) is 13.2 Å². The molecule has 11 heteroatoms. The summed E-state index contributed by atoms with van der Waals surface area (Å²) >= 11 is 0. The van der Waals surface area contributed by atoms with Crippen LogP contribution in [0.1, 0.15) is 5.56 Å². The Morgan fingerprint density at radius 2 is 1.55 bits per heavy atom. The quantitative estimate of drug-likeness (QED) is 0.392. The molecule has 0 aliphatic carbocycles. The van der Waals surface area contributed by atoms with Gasteiger partial charge in [-0.25, -0.2) is 18.4 Å². The molecule has 2 N–H and O–H groups in total. The third kappa shape index (κ3) is 8.23. The molecule has 0 bridgehead atoms. The number of carbonyl (C=O) groups is 1. The van der Waals surface area contributed by atoms with Crippen molar-refractivity contribution in [3.05, 3.63) is 60.2 Å². The Balaban J connectivity index is 1.74. The molecule has 0 aliphatic rings. The van der Waals surface area contributed by atoms with Gasteiger partial charge in [-0.2, -0.15) is 0 Å². The summed E-state index contributed by atoms with van der Waals surface area (Å²) < 4.78 is 72.5. The molecular weight excluding hydrogens is 415 g/mol.